The van der Waals surface area contributed by atoms with E-state index in [1.165, 1.54) is 24.3 Å². The first-order chi connectivity index (χ1) is 25.3. The number of aliphatic hydroxyl groups excluding tert-OH is 1. The monoisotopic (exact) mass is 861 g/mol. The van der Waals surface area contributed by atoms with Crippen LogP contribution in [0.3, 0.4) is 0 Å². The summed E-state index contributed by atoms with van der Waals surface area (Å²) < 4.78 is 165. The molecule has 0 atom stereocenters. The van der Waals surface area contributed by atoms with Crippen molar-refractivity contribution in [3.63, 3.8) is 0 Å². The van der Waals surface area contributed by atoms with Gasteiger partial charge in [-0.2, -0.15) is 33.7 Å². The number of hydrogen-bond acceptors (Lipinski definition) is 15. The molecule has 1 amide bonds. The second-order valence-corrected chi connectivity index (χ2v) is 18.3. The van der Waals surface area contributed by atoms with E-state index >= 15 is 0 Å². The van der Waals surface area contributed by atoms with Gasteiger partial charge in [-0.3, -0.25) is 23.0 Å². The van der Waals surface area contributed by atoms with E-state index < -0.39 is 123 Å². The van der Waals surface area contributed by atoms with Crippen molar-refractivity contribution in [1.82, 2.24) is 5.32 Å². The normalized spacial score (nSPS) is 19.6. The van der Waals surface area contributed by atoms with Gasteiger partial charge in [0.2, 0.25) is 0 Å². The Morgan fingerprint density at radius 2 is 1.45 bits per heavy atom. The fraction of sp³-hybridized carbons (Fsp3) is 0.100. The minimum Gasteiger partial charge on any atom is -0.505 e. The highest BCUT2D eigenvalue weighted by Gasteiger charge is 2.29. The number of azo groups is 1. The molecule has 4 rings (SSSR count). The molecule has 3 aromatic carbocycles. The molecule has 55 heavy (non-hydrogen) atoms. The Labute approximate surface area is 313 Å². The van der Waals surface area contributed by atoms with Crippen LogP contribution in [-0.2, 0) is 54.8 Å². The molecule has 294 valence electrons. The predicted molar refractivity (Wildman–Crippen MR) is 192 cm³/mol. The van der Waals surface area contributed by atoms with E-state index in [9.17, 15) is 65.6 Å². The van der Waals surface area contributed by atoms with Crippen molar-refractivity contribution < 1.29 is 74.4 Å². The number of aliphatic hydroxyl groups is 1. The molecule has 0 saturated heterocycles. The molecule has 0 heterocycles. The van der Waals surface area contributed by atoms with Crippen molar-refractivity contribution in [2.75, 3.05) is 12.4 Å². The van der Waals surface area contributed by atoms with E-state index in [-0.39, 0.29) is 16.3 Å². The SMILES string of the molecule is C=C1/C(O)=C(/N=N/c2ccc3cc(S(=O)(=O)CCOS(=O)(=O)O)ccc3c2S(=O)(=O)O)C(\S(=O)(=O)O)=C/C/C=C(S(=O)(=O)O)\C=C/1NC(=O)c1ccccc1. The molecule has 0 radical (unpaired) electrons. The van der Waals surface area contributed by atoms with Crippen LogP contribution in [0, 0.1) is 0 Å². The lowest BCUT2D eigenvalue weighted by molar-refractivity contribution is 0.0966. The molecule has 3 aromatic rings. The maximum absolute atomic E-state index is 13.0. The van der Waals surface area contributed by atoms with Gasteiger partial charge in [0.15, 0.2) is 15.6 Å². The molecule has 0 bridgehead atoms. The van der Waals surface area contributed by atoms with Crippen molar-refractivity contribution in [2.45, 2.75) is 16.2 Å². The number of hydrogen-bond donors (Lipinski definition) is 6. The number of nitrogens with one attached hydrogen (secondary N) is 1. The molecule has 0 aliphatic heterocycles. The number of carbonyl (C=O) groups excluding carboxylic acids is 1. The lowest BCUT2D eigenvalue weighted by atomic mass is 10.1. The van der Waals surface area contributed by atoms with Crippen LogP contribution >= 0.6 is 0 Å². The molecule has 0 spiro atoms. The maximum Gasteiger partial charge on any atom is 0.397 e. The summed E-state index contributed by atoms with van der Waals surface area (Å²) in [6, 6.07) is 12.0. The number of benzene rings is 3. The van der Waals surface area contributed by atoms with Crippen molar-refractivity contribution >= 4 is 73.0 Å². The van der Waals surface area contributed by atoms with Crippen molar-refractivity contribution in [3.8, 4) is 0 Å². The Morgan fingerprint density at radius 1 is 0.800 bits per heavy atom. The highest BCUT2D eigenvalue weighted by molar-refractivity contribution is 7.91. The minimum absolute atomic E-state index is 0.0116. The first kappa shape index (κ1) is 42.8. The van der Waals surface area contributed by atoms with Gasteiger partial charge in [0.05, 0.1) is 27.9 Å². The van der Waals surface area contributed by atoms with Crippen LogP contribution in [0.25, 0.3) is 10.8 Å². The van der Waals surface area contributed by atoms with E-state index in [4.69, 9.17) is 4.55 Å². The number of sulfone groups is 1. The fourth-order valence-corrected chi connectivity index (χ4v) is 8.35. The average molecular weight is 862 g/mol. The second kappa shape index (κ2) is 16.0. The number of fused-ring (bicyclic) bond motifs is 1. The maximum atomic E-state index is 13.0. The highest BCUT2D eigenvalue weighted by atomic mass is 32.3. The summed E-state index contributed by atoms with van der Waals surface area (Å²) in [4.78, 5) is 9.38. The van der Waals surface area contributed by atoms with Gasteiger partial charge in [0.1, 0.15) is 21.2 Å². The number of carbonyl (C=O) groups is 1. The molecule has 0 aromatic heterocycles. The Hall–Kier alpha value is -4.96. The molecule has 1 aliphatic rings. The van der Waals surface area contributed by atoms with Gasteiger partial charge in [-0.1, -0.05) is 49.1 Å². The number of allylic oxidation sites excluding steroid dienone is 3. The van der Waals surface area contributed by atoms with E-state index in [0.717, 1.165) is 36.4 Å². The van der Waals surface area contributed by atoms with Gasteiger partial charge in [0.25, 0.3) is 36.3 Å². The van der Waals surface area contributed by atoms with Gasteiger partial charge < -0.3 is 10.4 Å². The lowest BCUT2D eigenvalue weighted by Crippen LogP contribution is -2.25. The summed E-state index contributed by atoms with van der Waals surface area (Å²) in [5.41, 5.74) is -3.29. The van der Waals surface area contributed by atoms with Gasteiger partial charge in [-0.05, 0) is 48.2 Å². The smallest absolute Gasteiger partial charge is 0.397 e. The van der Waals surface area contributed by atoms with Crippen LogP contribution in [0.4, 0.5) is 5.69 Å². The van der Waals surface area contributed by atoms with Crippen LogP contribution in [0.1, 0.15) is 16.8 Å². The zero-order chi connectivity index (χ0) is 41.1. The Bertz CT molecular complexity index is 2830. The van der Waals surface area contributed by atoms with Gasteiger partial charge in [-0.25, -0.2) is 12.6 Å². The van der Waals surface area contributed by atoms with Crippen LogP contribution in [0.2, 0.25) is 0 Å². The summed E-state index contributed by atoms with van der Waals surface area (Å²) in [6.45, 7) is 2.58. The topological polar surface area (TPSA) is 335 Å². The molecule has 0 fully saturated rings. The van der Waals surface area contributed by atoms with Crippen molar-refractivity contribution in [2.24, 2.45) is 10.2 Å². The Morgan fingerprint density at radius 3 is 2.04 bits per heavy atom. The lowest BCUT2D eigenvalue weighted by Gasteiger charge is -2.16. The summed E-state index contributed by atoms with van der Waals surface area (Å²) in [5.74, 6) is -3.13. The first-order valence-electron chi connectivity index (χ1n) is 14.7. The quantitative estimate of drug-likeness (QED) is 0.112. The Balaban J connectivity index is 1.90. The average Bonchev–Trinajstić information content (AvgIpc) is 3.06. The predicted octanol–water partition coefficient (Wildman–Crippen LogP) is 3.35. The summed E-state index contributed by atoms with van der Waals surface area (Å²) >= 11 is 0. The van der Waals surface area contributed by atoms with Gasteiger partial charge in [0, 0.05) is 16.5 Å². The van der Waals surface area contributed by atoms with Gasteiger partial charge in [-0.15, -0.1) is 10.2 Å². The molecule has 0 unspecified atom stereocenters. The summed E-state index contributed by atoms with van der Waals surface area (Å²) in [6.07, 6.45) is 1.35. The summed E-state index contributed by atoms with van der Waals surface area (Å²) in [7, 11) is -25.1. The fourth-order valence-electron chi connectivity index (χ4n) is 4.74. The molecular weight excluding hydrogens is 835 g/mol. The zero-order valence-electron chi connectivity index (χ0n) is 27.4. The van der Waals surface area contributed by atoms with E-state index in [2.05, 4.69) is 26.3 Å². The molecule has 6 N–H and O–H groups in total. The number of rotatable bonds is 12. The third kappa shape index (κ3) is 10.8. The van der Waals surface area contributed by atoms with E-state index in [1.807, 2.05) is 0 Å². The molecule has 1 aliphatic carbocycles. The highest BCUT2D eigenvalue weighted by Crippen LogP contribution is 2.36. The second-order valence-electron chi connectivity index (χ2n) is 11.0. The van der Waals surface area contributed by atoms with Crippen molar-refractivity contribution in [1.29, 1.82) is 0 Å². The molecule has 20 nitrogen and oxygen atoms in total. The summed E-state index contributed by atoms with van der Waals surface area (Å²) in [5, 5.41) is 20.4. The molecule has 0 saturated carbocycles. The first-order valence-corrected chi connectivity index (χ1v) is 22.0. The number of nitrogens with zero attached hydrogens (tertiary/aromatic N) is 2. The van der Waals surface area contributed by atoms with E-state index in [1.54, 1.807) is 6.07 Å². The number of amides is 1. The van der Waals surface area contributed by atoms with E-state index in [0.29, 0.717) is 12.2 Å². The van der Waals surface area contributed by atoms with Crippen LogP contribution < -0.4 is 5.32 Å². The van der Waals surface area contributed by atoms with Crippen LogP contribution in [0.15, 0.2) is 138 Å². The Kier molecular flexibility index (Phi) is 12.5. The third-order valence-electron chi connectivity index (χ3n) is 7.22. The van der Waals surface area contributed by atoms with Gasteiger partial charge >= 0.3 is 10.4 Å². The zero-order valence-corrected chi connectivity index (χ0v) is 31.5. The van der Waals surface area contributed by atoms with Crippen molar-refractivity contribution in [3.05, 3.63) is 124 Å². The van der Waals surface area contributed by atoms with Crippen LogP contribution in [0.5, 0.6) is 0 Å². The molecular formula is C30H27N3O17S5. The minimum atomic E-state index is -5.43. The third-order valence-corrected chi connectivity index (χ3v) is 12.1. The molecule has 25 heteroatoms. The standard InChI is InChI=1S/C30H27N3O17S5/c1-18-25(31-30(35)19-6-3-2-4-7-19)17-22(52(38,39)40)8-5-9-26(53(41,42)43)27(28(18)34)33-32-24-13-10-20-16-21(11-12-23(20)29(24)54(44,45)46)51(36,37)15-14-50-55(47,48)49/h2-4,6-13,16-17,34H,1,5,14-15H2,(H,31,35)(H,38,39,40)(H,41,42,43)(H,44,45,46)(H,47,48,49)/b22-8+,25-17+,26-9+,28-27-,33-32+. The largest absolute Gasteiger partial charge is 0.505 e. The van der Waals surface area contributed by atoms with Crippen LogP contribution in [-0.4, -0.2) is 83.7 Å².